The van der Waals surface area contributed by atoms with E-state index in [1.807, 2.05) is 0 Å². The fourth-order valence-corrected chi connectivity index (χ4v) is 11.0. The maximum absolute atomic E-state index is 13.2. The van der Waals surface area contributed by atoms with Crippen LogP contribution in [0.4, 0.5) is 0 Å². The van der Waals surface area contributed by atoms with Gasteiger partial charge in [-0.25, -0.2) is 0 Å². The normalized spacial score (nSPS) is 25.7. The van der Waals surface area contributed by atoms with Crippen molar-refractivity contribution in [3.8, 4) is 0 Å². The average molecular weight is 819 g/mol. The van der Waals surface area contributed by atoms with Gasteiger partial charge in [0.05, 0.1) is 12.7 Å². The molecule has 0 aromatic rings. The molecule has 5 heteroatoms. The summed E-state index contributed by atoms with van der Waals surface area (Å²) in [6, 6.07) is 0. The highest BCUT2D eigenvalue weighted by molar-refractivity contribution is 5.69. The number of ether oxygens (including phenoxy) is 2. The van der Waals surface area contributed by atoms with Gasteiger partial charge in [-0.1, -0.05) is 154 Å². The fraction of sp³-hybridized carbons (Fsp3) is 0.778. The van der Waals surface area contributed by atoms with E-state index in [-0.39, 0.29) is 41.9 Å². The van der Waals surface area contributed by atoms with Crippen LogP contribution < -0.4 is 0 Å². The molecule has 0 spiro atoms. The van der Waals surface area contributed by atoms with Crippen molar-refractivity contribution in [2.24, 2.45) is 28.1 Å². The van der Waals surface area contributed by atoms with E-state index in [0.29, 0.717) is 25.2 Å². The number of esters is 2. The first-order valence-electron chi connectivity index (χ1n) is 24.9. The molecule has 0 aromatic heterocycles. The zero-order valence-corrected chi connectivity index (χ0v) is 38.9. The molecule has 0 aliphatic heterocycles. The topological polar surface area (TPSA) is 72.8 Å². The first-order chi connectivity index (χ1) is 28.6. The zero-order chi connectivity index (χ0) is 42.7. The Kier molecular flexibility index (Phi) is 25.0. The number of hydrogen-bond acceptors (Lipinski definition) is 5. The van der Waals surface area contributed by atoms with E-state index < -0.39 is 11.5 Å². The summed E-state index contributed by atoms with van der Waals surface area (Å²) in [4.78, 5) is 26.0. The molecule has 0 heterocycles. The Bertz CT molecular complexity index is 1320. The zero-order valence-electron chi connectivity index (χ0n) is 38.9. The van der Waals surface area contributed by atoms with Crippen molar-refractivity contribution in [2.75, 3.05) is 13.2 Å². The van der Waals surface area contributed by atoms with Gasteiger partial charge in [-0.05, 0) is 137 Å². The Hall–Kier alpha value is -2.40. The third-order valence-electron chi connectivity index (χ3n) is 14.5. The van der Waals surface area contributed by atoms with Crippen molar-refractivity contribution in [1.29, 1.82) is 0 Å². The summed E-state index contributed by atoms with van der Waals surface area (Å²) < 4.78 is 12.0. The summed E-state index contributed by atoms with van der Waals surface area (Å²) in [6.07, 6.45) is 50.3. The van der Waals surface area contributed by atoms with Crippen LogP contribution in [0.1, 0.15) is 221 Å². The number of carbonyl (C=O) groups is 2. The summed E-state index contributed by atoms with van der Waals surface area (Å²) in [5, 5.41) is 12.2. The summed E-state index contributed by atoms with van der Waals surface area (Å²) in [7, 11) is 0. The van der Waals surface area contributed by atoms with Crippen molar-refractivity contribution < 1.29 is 24.2 Å². The highest BCUT2D eigenvalue weighted by Gasteiger charge is 2.62. The van der Waals surface area contributed by atoms with Gasteiger partial charge in [0.2, 0.25) is 0 Å². The van der Waals surface area contributed by atoms with E-state index in [2.05, 4.69) is 89.3 Å². The van der Waals surface area contributed by atoms with Crippen LogP contribution in [-0.2, 0) is 19.1 Å². The monoisotopic (exact) mass is 819 g/mol. The molecule has 59 heavy (non-hydrogen) atoms. The molecular formula is C54H90O5. The number of allylic oxidation sites excluding steroid dienone is 9. The lowest BCUT2D eigenvalue weighted by atomic mass is 9.42. The standard InChI is InChI=1S/C54H90O5/c1-6-8-10-12-14-16-18-20-21-23-25-27-29-31-33-36-51(57)59-45-54-42-39-47-52(3,4)40-34-41-53(47,5)48(54)38-37-46(43-49(54)55)44-58-50(56)35-32-30-28-26-24-22-19-17-15-13-11-9-7-2/h11,13-14,16-17,19-21,37,47-49,55H,6-10,12,15,18,22-36,38-45H2,1-5H3. The summed E-state index contributed by atoms with van der Waals surface area (Å²) in [5.41, 5.74) is 0.827. The number of rotatable bonds is 30. The number of carbonyl (C=O) groups excluding carboxylic acids is 2. The average Bonchev–Trinajstić information content (AvgIpc) is 3.35. The first kappa shape index (κ1) is 51.0. The van der Waals surface area contributed by atoms with Gasteiger partial charge in [0, 0.05) is 18.3 Å². The highest BCUT2D eigenvalue weighted by Crippen LogP contribution is 2.66. The van der Waals surface area contributed by atoms with Crippen molar-refractivity contribution in [2.45, 2.75) is 227 Å². The van der Waals surface area contributed by atoms with E-state index in [0.717, 1.165) is 95.5 Å². The lowest BCUT2D eigenvalue weighted by Crippen LogP contribution is -2.60. The van der Waals surface area contributed by atoms with Gasteiger partial charge in [-0.2, -0.15) is 0 Å². The van der Waals surface area contributed by atoms with E-state index in [1.165, 1.54) is 77.0 Å². The predicted octanol–water partition coefficient (Wildman–Crippen LogP) is 15.2. The van der Waals surface area contributed by atoms with E-state index in [1.54, 1.807) is 0 Å². The van der Waals surface area contributed by atoms with Gasteiger partial charge in [-0.15, -0.1) is 0 Å². The number of aliphatic hydroxyl groups is 1. The third-order valence-corrected chi connectivity index (χ3v) is 14.5. The molecule has 5 unspecified atom stereocenters. The van der Waals surface area contributed by atoms with Crippen LogP contribution in [-0.4, -0.2) is 36.4 Å². The van der Waals surface area contributed by atoms with Gasteiger partial charge >= 0.3 is 11.9 Å². The Morgan fingerprint density at radius 1 is 0.644 bits per heavy atom. The maximum atomic E-state index is 13.2. The molecule has 5 atom stereocenters. The van der Waals surface area contributed by atoms with Crippen molar-refractivity contribution in [3.05, 3.63) is 60.3 Å². The number of hydrogen-bond donors (Lipinski definition) is 1. The minimum Gasteiger partial charge on any atom is -0.465 e. The van der Waals surface area contributed by atoms with Crippen LogP contribution in [0.25, 0.3) is 0 Å². The molecule has 0 radical (unpaired) electrons. The number of aliphatic hydroxyl groups excluding tert-OH is 1. The van der Waals surface area contributed by atoms with Crippen molar-refractivity contribution in [1.82, 2.24) is 0 Å². The van der Waals surface area contributed by atoms with E-state index in [9.17, 15) is 14.7 Å². The molecular weight excluding hydrogens is 729 g/mol. The molecule has 2 saturated carbocycles. The molecule has 0 saturated heterocycles. The minimum atomic E-state index is -0.640. The number of fused-ring (bicyclic) bond motifs is 3. The molecule has 3 aliphatic carbocycles. The second-order valence-corrected chi connectivity index (χ2v) is 19.6. The fourth-order valence-electron chi connectivity index (χ4n) is 11.0. The second kappa shape index (κ2) is 29.0. The molecule has 2 fully saturated rings. The first-order valence-corrected chi connectivity index (χ1v) is 24.9. The van der Waals surface area contributed by atoms with Crippen LogP contribution in [0.15, 0.2) is 60.3 Å². The van der Waals surface area contributed by atoms with Gasteiger partial charge in [0.1, 0.15) is 6.61 Å². The van der Waals surface area contributed by atoms with E-state index >= 15 is 0 Å². The predicted molar refractivity (Wildman–Crippen MR) is 249 cm³/mol. The van der Waals surface area contributed by atoms with Crippen LogP contribution in [0.3, 0.4) is 0 Å². The lowest BCUT2D eigenvalue weighted by Gasteiger charge is -2.63. The SMILES string of the molecule is CCCC=CCC=CCCCCCCCC(=O)OCC1=CCC2C3(C)CCCC(C)(C)C3CCC2(COC(=O)CCCCCCCC=CCC=CCCCCC)C(O)C1. The van der Waals surface area contributed by atoms with Gasteiger partial charge in [-0.3, -0.25) is 9.59 Å². The number of unbranched alkanes of at least 4 members (excludes halogenated alkanes) is 14. The summed E-state index contributed by atoms with van der Waals surface area (Å²) in [5.74, 6) is 0.512. The second-order valence-electron chi connectivity index (χ2n) is 19.6. The maximum Gasteiger partial charge on any atom is 0.306 e. The van der Waals surface area contributed by atoms with Crippen LogP contribution in [0.2, 0.25) is 0 Å². The summed E-state index contributed by atoms with van der Waals surface area (Å²) in [6.45, 7) is 12.3. The molecule has 0 aromatic carbocycles. The van der Waals surface area contributed by atoms with Gasteiger partial charge in [0.25, 0.3) is 0 Å². The van der Waals surface area contributed by atoms with Crippen LogP contribution in [0, 0.1) is 28.1 Å². The quantitative estimate of drug-likeness (QED) is 0.0444. The van der Waals surface area contributed by atoms with Crippen LogP contribution >= 0.6 is 0 Å². The largest absolute Gasteiger partial charge is 0.465 e. The van der Waals surface area contributed by atoms with Crippen molar-refractivity contribution in [3.63, 3.8) is 0 Å². The Balaban J connectivity index is 1.43. The molecule has 0 amide bonds. The highest BCUT2D eigenvalue weighted by atomic mass is 16.5. The molecule has 5 nitrogen and oxygen atoms in total. The minimum absolute atomic E-state index is 0.0536. The molecule has 3 rings (SSSR count). The summed E-state index contributed by atoms with van der Waals surface area (Å²) >= 11 is 0. The van der Waals surface area contributed by atoms with E-state index in [4.69, 9.17) is 9.47 Å². The van der Waals surface area contributed by atoms with Gasteiger partial charge < -0.3 is 14.6 Å². The Morgan fingerprint density at radius 2 is 1.19 bits per heavy atom. The molecule has 0 bridgehead atoms. The molecule has 3 aliphatic rings. The van der Waals surface area contributed by atoms with Crippen LogP contribution in [0.5, 0.6) is 0 Å². The van der Waals surface area contributed by atoms with Gasteiger partial charge in [0.15, 0.2) is 0 Å². The smallest absolute Gasteiger partial charge is 0.306 e. The Labute approximate surface area is 363 Å². The molecule has 1 N–H and O–H groups in total. The Morgan fingerprint density at radius 3 is 1.78 bits per heavy atom. The lowest BCUT2D eigenvalue weighted by molar-refractivity contribution is -0.193. The molecule has 336 valence electrons. The third kappa shape index (κ3) is 18.2. The van der Waals surface area contributed by atoms with Crippen molar-refractivity contribution >= 4 is 11.9 Å².